The zero-order chi connectivity index (χ0) is 13.4. The molecule has 0 unspecified atom stereocenters. The van der Waals surface area contributed by atoms with Crippen molar-refractivity contribution in [3.05, 3.63) is 52.8 Å². The van der Waals surface area contributed by atoms with Crippen molar-refractivity contribution in [2.45, 2.75) is 6.92 Å². The quantitative estimate of drug-likeness (QED) is 0.707. The average molecular weight is 293 g/mol. The highest BCUT2D eigenvalue weighted by molar-refractivity contribution is 7.22. The number of anilines is 2. The third kappa shape index (κ3) is 2.41. The van der Waals surface area contributed by atoms with E-state index in [0.717, 1.165) is 20.9 Å². The van der Waals surface area contributed by atoms with Crippen LogP contribution < -0.4 is 5.32 Å². The van der Waals surface area contributed by atoms with Crippen LogP contribution in [0.3, 0.4) is 0 Å². The molecule has 0 saturated heterocycles. The largest absolute Gasteiger partial charge is 0.330 e. The Morgan fingerprint density at radius 3 is 2.84 bits per heavy atom. The molecule has 2 nitrogen and oxygen atoms in total. The maximum Gasteiger partial charge on any atom is 0.188 e. The van der Waals surface area contributed by atoms with Gasteiger partial charge in [-0.15, -0.1) is 0 Å². The first-order valence-corrected chi connectivity index (χ1v) is 6.91. The van der Waals surface area contributed by atoms with E-state index in [1.807, 2.05) is 25.1 Å². The molecular formula is C14H10ClFN2S. The van der Waals surface area contributed by atoms with Crippen molar-refractivity contribution in [1.82, 2.24) is 4.98 Å². The summed E-state index contributed by atoms with van der Waals surface area (Å²) in [5, 5.41) is 4.22. The summed E-state index contributed by atoms with van der Waals surface area (Å²) in [6, 6.07) is 10.3. The van der Waals surface area contributed by atoms with Crippen LogP contribution in [0.2, 0.25) is 5.02 Å². The van der Waals surface area contributed by atoms with Gasteiger partial charge in [0.15, 0.2) is 5.13 Å². The lowest BCUT2D eigenvalue weighted by atomic mass is 10.2. The summed E-state index contributed by atoms with van der Waals surface area (Å²) in [5.41, 5.74) is 2.76. The Kier molecular flexibility index (Phi) is 3.12. The number of halogens is 2. The molecule has 0 saturated carbocycles. The van der Waals surface area contributed by atoms with Crippen molar-refractivity contribution in [3.8, 4) is 0 Å². The smallest absolute Gasteiger partial charge is 0.188 e. The van der Waals surface area contributed by atoms with Crippen molar-refractivity contribution >= 4 is 44.0 Å². The average Bonchev–Trinajstić information content (AvgIpc) is 2.77. The minimum absolute atomic E-state index is 0.343. The highest BCUT2D eigenvalue weighted by atomic mass is 35.5. The molecule has 0 radical (unpaired) electrons. The van der Waals surface area contributed by atoms with E-state index >= 15 is 0 Å². The molecule has 0 bridgehead atoms. The summed E-state index contributed by atoms with van der Waals surface area (Å²) in [7, 11) is 0. The van der Waals surface area contributed by atoms with Crippen LogP contribution in [0, 0.1) is 12.7 Å². The number of rotatable bonds is 2. The molecule has 0 amide bonds. The molecule has 1 heterocycles. The van der Waals surface area contributed by atoms with Gasteiger partial charge in [0.25, 0.3) is 0 Å². The van der Waals surface area contributed by atoms with Gasteiger partial charge in [-0.2, -0.15) is 0 Å². The van der Waals surface area contributed by atoms with Crippen LogP contribution in [0.1, 0.15) is 5.56 Å². The second-order valence-electron chi connectivity index (χ2n) is 4.19. The highest BCUT2D eigenvalue weighted by Gasteiger charge is 2.08. The van der Waals surface area contributed by atoms with Crippen LogP contribution in [0.5, 0.6) is 0 Å². The van der Waals surface area contributed by atoms with Crippen LogP contribution in [-0.2, 0) is 0 Å². The molecule has 0 aliphatic carbocycles. The van der Waals surface area contributed by atoms with E-state index in [-0.39, 0.29) is 5.82 Å². The van der Waals surface area contributed by atoms with E-state index < -0.39 is 0 Å². The zero-order valence-corrected chi connectivity index (χ0v) is 11.6. The van der Waals surface area contributed by atoms with E-state index in [2.05, 4.69) is 10.3 Å². The first-order chi connectivity index (χ1) is 9.13. The monoisotopic (exact) mass is 292 g/mol. The number of hydrogen-bond donors (Lipinski definition) is 1. The summed E-state index contributed by atoms with van der Waals surface area (Å²) in [6.45, 7) is 2.02. The third-order valence-corrected chi connectivity index (χ3v) is 4.04. The first-order valence-electron chi connectivity index (χ1n) is 5.72. The van der Waals surface area contributed by atoms with E-state index in [9.17, 15) is 4.39 Å². The van der Waals surface area contributed by atoms with Crippen LogP contribution in [0.15, 0.2) is 36.4 Å². The minimum atomic E-state index is -0.351. The van der Waals surface area contributed by atoms with E-state index in [0.29, 0.717) is 10.7 Å². The van der Waals surface area contributed by atoms with Crippen molar-refractivity contribution in [3.63, 3.8) is 0 Å². The van der Waals surface area contributed by atoms with Crippen molar-refractivity contribution in [1.29, 1.82) is 0 Å². The number of para-hydroxylation sites is 1. The first kappa shape index (κ1) is 12.4. The molecule has 2 aromatic carbocycles. The predicted octanol–water partition coefficient (Wildman–Crippen LogP) is 5.14. The van der Waals surface area contributed by atoms with Gasteiger partial charge < -0.3 is 5.32 Å². The molecular weight excluding hydrogens is 283 g/mol. The summed E-state index contributed by atoms with van der Waals surface area (Å²) in [6.07, 6.45) is 0. The number of fused-ring (bicyclic) bond motifs is 1. The standard InChI is InChI=1S/C14H10ClFN2S/c1-8-3-2-4-12-13(8)18-14(19-12)17-11-6-5-9(16)7-10(11)15/h2-7H,1H3,(H,17,18). The Labute approximate surface area is 118 Å². The number of hydrogen-bond acceptors (Lipinski definition) is 3. The number of nitrogens with zero attached hydrogens (tertiary/aromatic N) is 1. The van der Waals surface area contributed by atoms with Gasteiger partial charge >= 0.3 is 0 Å². The molecule has 3 aromatic rings. The van der Waals surface area contributed by atoms with Gasteiger partial charge in [0, 0.05) is 0 Å². The Bertz CT molecular complexity index is 754. The summed E-state index contributed by atoms with van der Waals surface area (Å²) >= 11 is 7.53. The molecule has 0 fully saturated rings. The van der Waals surface area contributed by atoms with Crippen LogP contribution in [0.25, 0.3) is 10.2 Å². The summed E-state index contributed by atoms with van der Waals surface area (Å²) in [5.74, 6) is -0.351. The molecule has 0 aliphatic rings. The lowest BCUT2D eigenvalue weighted by Gasteiger charge is -2.04. The number of thiazole rings is 1. The van der Waals surface area contributed by atoms with E-state index in [1.54, 1.807) is 17.4 Å². The number of aryl methyl sites for hydroxylation is 1. The molecule has 1 N–H and O–H groups in total. The lowest BCUT2D eigenvalue weighted by Crippen LogP contribution is -1.90. The Hall–Kier alpha value is -1.65. The Morgan fingerprint density at radius 1 is 1.26 bits per heavy atom. The van der Waals surface area contributed by atoms with Crippen molar-refractivity contribution < 1.29 is 4.39 Å². The van der Waals surface area contributed by atoms with Gasteiger partial charge in [0.1, 0.15) is 5.82 Å². The molecule has 96 valence electrons. The normalized spacial score (nSPS) is 10.9. The molecule has 3 rings (SSSR count). The molecule has 0 spiro atoms. The van der Waals surface area contributed by atoms with E-state index in [1.165, 1.54) is 12.1 Å². The molecule has 0 aliphatic heterocycles. The minimum Gasteiger partial charge on any atom is -0.330 e. The predicted molar refractivity (Wildman–Crippen MR) is 79.0 cm³/mol. The summed E-state index contributed by atoms with van der Waals surface area (Å²) < 4.78 is 14.1. The van der Waals surface area contributed by atoms with Gasteiger partial charge in [0.05, 0.1) is 20.9 Å². The topological polar surface area (TPSA) is 24.9 Å². The maximum absolute atomic E-state index is 13.0. The zero-order valence-electron chi connectivity index (χ0n) is 10.1. The number of nitrogens with one attached hydrogen (secondary N) is 1. The summed E-state index contributed by atoms with van der Waals surface area (Å²) in [4.78, 5) is 4.53. The van der Waals surface area contributed by atoms with Gasteiger partial charge in [-0.25, -0.2) is 9.37 Å². The highest BCUT2D eigenvalue weighted by Crippen LogP contribution is 2.32. The number of benzene rings is 2. The molecule has 5 heteroatoms. The van der Waals surface area contributed by atoms with E-state index in [4.69, 9.17) is 11.6 Å². The van der Waals surface area contributed by atoms with Crippen LogP contribution in [0.4, 0.5) is 15.2 Å². The van der Waals surface area contributed by atoms with Gasteiger partial charge in [-0.05, 0) is 36.8 Å². The Morgan fingerprint density at radius 2 is 2.11 bits per heavy atom. The fraction of sp³-hybridized carbons (Fsp3) is 0.0714. The van der Waals surface area contributed by atoms with Gasteiger partial charge in [0.2, 0.25) is 0 Å². The lowest BCUT2D eigenvalue weighted by molar-refractivity contribution is 0.628. The second-order valence-corrected chi connectivity index (χ2v) is 5.63. The second kappa shape index (κ2) is 4.79. The molecule has 0 atom stereocenters. The SMILES string of the molecule is Cc1cccc2sc(Nc3ccc(F)cc3Cl)nc12. The maximum atomic E-state index is 13.0. The Balaban J connectivity index is 1.99. The van der Waals surface area contributed by atoms with Gasteiger partial charge in [-0.1, -0.05) is 35.1 Å². The van der Waals surface area contributed by atoms with Crippen LogP contribution >= 0.6 is 22.9 Å². The third-order valence-electron chi connectivity index (χ3n) is 2.79. The van der Waals surface area contributed by atoms with Crippen LogP contribution in [-0.4, -0.2) is 4.98 Å². The van der Waals surface area contributed by atoms with Crippen molar-refractivity contribution in [2.24, 2.45) is 0 Å². The van der Waals surface area contributed by atoms with Gasteiger partial charge in [-0.3, -0.25) is 0 Å². The van der Waals surface area contributed by atoms with Crippen molar-refractivity contribution in [2.75, 3.05) is 5.32 Å². The fourth-order valence-electron chi connectivity index (χ4n) is 1.85. The molecule has 19 heavy (non-hydrogen) atoms. The molecule has 1 aromatic heterocycles. The fourth-order valence-corrected chi connectivity index (χ4v) is 3.02. The number of aromatic nitrogens is 1.